The predicted octanol–water partition coefficient (Wildman–Crippen LogP) is 1.69. The number of H-pyrrole nitrogens is 1. The van der Waals surface area contributed by atoms with Gasteiger partial charge in [0.1, 0.15) is 11.4 Å². The van der Waals surface area contributed by atoms with Crippen molar-refractivity contribution in [3.63, 3.8) is 0 Å². The predicted molar refractivity (Wildman–Crippen MR) is 66.5 cm³/mol. The van der Waals surface area contributed by atoms with E-state index < -0.39 is 0 Å². The van der Waals surface area contributed by atoms with Gasteiger partial charge in [-0.25, -0.2) is 0 Å². The lowest BCUT2D eigenvalue weighted by molar-refractivity contribution is 0.0922. The fourth-order valence-corrected chi connectivity index (χ4v) is 2.43. The van der Waals surface area contributed by atoms with Crippen LogP contribution in [0.25, 0.3) is 0 Å². The second-order valence-corrected chi connectivity index (χ2v) is 4.89. The number of carbonyl (C=O) groups is 1. The van der Waals surface area contributed by atoms with E-state index >= 15 is 0 Å². The van der Waals surface area contributed by atoms with Crippen LogP contribution in [0, 0.1) is 5.92 Å². The maximum Gasteiger partial charge on any atom is 0.256 e. The first-order valence-corrected chi connectivity index (χ1v) is 6.28. The van der Waals surface area contributed by atoms with E-state index in [0.29, 0.717) is 17.3 Å². The minimum Gasteiger partial charge on any atom is -0.383 e. The summed E-state index contributed by atoms with van der Waals surface area (Å²) in [6.45, 7) is 2.20. The van der Waals surface area contributed by atoms with E-state index in [0.717, 1.165) is 6.42 Å². The highest BCUT2D eigenvalue weighted by Gasteiger charge is 2.23. The van der Waals surface area contributed by atoms with Gasteiger partial charge in [0, 0.05) is 6.04 Å². The molecule has 0 radical (unpaired) electrons. The van der Waals surface area contributed by atoms with Gasteiger partial charge in [0.2, 0.25) is 0 Å². The molecule has 1 aliphatic rings. The fourth-order valence-electron chi connectivity index (χ4n) is 2.43. The molecule has 0 aliphatic heterocycles. The summed E-state index contributed by atoms with van der Waals surface area (Å²) in [5, 5.41) is 9.41. The van der Waals surface area contributed by atoms with E-state index in [2.05, 4.69) is 22.4 Å². The number of nitrogens with zero attached hydrogens (tertiary/aromatic N) is 1. The van der Waals surface area contributed by atoms with Crippen molar-refractivity contribution in [1.29, 1.82) is 0 Å². The van der Waals surface area contributed by atoms with Gasteiger partial charge < -0.3 is 11.1 Å². The molecular formula is C12H20N4O. The molecule has 2 atom stereocenters. The van der Waals surface area contributed by atoms with Gasteiger partial charge >= 0.3 is 0 Å². The molecule has 17 heavy (non-hydrogen) atoms. The molecule has 0 spiro atoms. The lowest BCUT2D eigenvalue weighted by atomic mass is 9.97. The third-order valence-corrected chi connectivity index (χ3v) is 3.59. The van der Waals surface area contributed by atoms with E-state index in [1.807, 2.05) is 0 Å². The van der Waals surface area contributed by atoms with Crippen LogP contribution in [0.1, 0.15) is 49.4 Å². The highest BCUT2D eigenvalue weighted by atomic mass is 16.1. The van der Waals surface area contributed by atoms with Gasteiger partial charge in [-0.3, -0.25) is 9.89 Å². The zero-order valence-corrected chi connectivity index (χ0v) is 10.2. The van der Waals surface area contributed by atoms with Crippen LogP contribution in [0.4, 0.5) is 5.82 Å². The molecule has 4 N–H and O–H groups in total. The third-order valence-electron chi connectivity index (χ3n) is 3.59. The average molecular weight is 236 g/mol. The first-order valence-electron chi connectivity index (χ1n) is 6.28. The first kappa shape index (κ1) is 12.0. The third kappa shape index (κ3) is 2.78. The highest BCUT2D eigenvalue weighted by molar-refractivity contribution is 5.98. The normalized spacial score (nSPS) is 25.2. The summed E-state index contributed by atoms with van der Waals surface area (Å²) in [6, 6.07) is 0.263. The summed E-state index contributed by atoms with van der Waals surface area (Å²) in [4.78, 5) is 12.0. The Morgan fingerprint density at radius 1 is 1.47 bits per heavy atom. The molecule has 1 aromatic rings. The highest BCUT2D eigenvalue weighted by Crippen LogP contribution is 2.23. The molecule has 94 valence electrons. The van der Waals surface area contributed by atoms with Crippen molar-refractivity contribution in [1.82, 2.24) is 15.5 Å². The standard InChI is InChI=1S/C12H20N4O/c1-8-5-3-2-4-6-10(8)15-12(17)9-7-14-16-11(9)13/h7-8,10H,2-6H2,1H3,(H,15,17)(H3,13,14,16). The number of rotatable bonds is 2. The maximum absolute atomic E-state index is 12.0. The Morgan fingerprint density at radius 2 is 2.24 bits per heavy atom. The number of carbonyl (C=O) groups excluding carboxylic acids is 1. The summed E-state index contributed by atoms with van der Waals surface area (Å²) in [5.74, 6) is 0.758. The van der Waals surface area contributed by atoms with Crippen LogP contribution in [-0.2, 0) is 0 Å². The number of amides is 1. The Morgan fingerprint density at radius 3 is 2.94 bits per heavy atom. The summed E-state index contributed by atoms with van der Waals surface area (Å²) in [7, 11) is 0. The van der Waals surface area contributed by atoms with Crippen LogP contribution in [0.3, 0.4) is 0 Å². The topological polar surface area (TPSA) is 83.8 Å². The lowest BCUT2D eigenvalue weighted by Gasteiger charge is -2.22. The smallest absolute Gasteiger partial charge is 0.256 e. The Bertz CT molecular complexity index is 388. The second-order valence-electron chi connectivity index (χ2n) is 4.89. The maximum atomic E-state index is 12.0. The number of nitrogen functional groups attached to an aromatic ring is 1. The zero-order valence-electron chi connectivity index (χ0n) is 10.2. The van der Waals surface area contributed by atoms with Crippen molar-refractivity contribution in [3.05, 3.63) is 11.8 Å². The van der Waals surface area contributed by atoms with Crippen LogP contribution >= 0.6 is 0 Å². The average Bonchev–Trinajstić information content (AvgIpc) is 2.63. The van der Waals surface area contributed by atoms with E-state index in [1.165, 1.54) is 31.9 Å². The lowest BCUT2D eigenvalue weighted by Crippen LogP contribution is -2.38. The number of anilines is 1. The van der Waals surface area contributed by atoms with Crippen molar-refractivity contribution < 1.29 is 4.79 Å². The molecule has 1 heterocycles. The molecule has 1 amide bonds. The molecular weight excluding hydrogens is 216 g/mol. The number of nitrogens with two attached hydrogens (primary N) is 1. The molecule has 5 heteroatoms. The summed E-state index contributed by atoms with van der Waals surface area (Å²) in [6.07, 6.45) is 7.45. The van der Waals surface area contributed by atoms with E-state index in [1.54, 1.807) is 0 Å². The summed E-state index contributed by atoms with van der Waals surface area (Å²) in [5.41, 5.74) is 6.08. The van der Waals surface area contributed by atoms with Crippen LogP contribution in [0.2, 0.25) is 0 Å². The monoisotopic (exact) mass is 236 g/mol. The van der Waals surface area contributed by atoms with Crippen LogP contribution in [-0.4, -0.2) is 22.1 Å². The van der Waals surface area contributed by atoms with Crippen LogP contribution in [0.5, 0.6) is 0 Å². The van der Waals surface area contributed by atoms with Gasteiger partial charge in [0.15, 0.2) is 0 Å². The largest absolute Gasteiger partial charge is 0.383 e. The second kappa shape index (κ2) is 5.21. The van der Waals surface area contributed by atoms with Crippen molar-refractivity contribution in [2.45, 2.75) is 45.1 Å². The van der Waals surface area contributed by atoms with Crippen molar-refractivity contribution in [3.8, 4) is 0 Å². The van der Waals surface area contributed by atoms with Gasteiger partial charge in [-0.1, -0.05) is 26.2 Å². The van der Waals surface area contributed by atoms with E-state index in [-0.39, 0.29) is 11.9 Å². The zero-order chi connectivity index (χ0) is 12.3. The molecule has 0 bridgehead atoms. The molecule has 0 aromatic carbocycles. The van der Waals surface area contributed by atoms with Crippen molar-refractivity contribution in [2.75, 3.05) is 5.73 Å². The van der Waals surface area contributed by atoms with Gasteiger partial charge in [-0.05, 0) is 18.8 Å². The summed E-state index contributed by atoms with van der Waals surface area (Å²) >= 11 is 0. The number of aromatic nitrogens is 2. The number of hydrogen-bond donors (Lipinski definition) is 3. The number of aromatic amines is 1. The van der Waals surface area contributed by atoms with Gasteiger partial charge in [0.05, 0.1) is 6.20 Å². The molecule has 1 saturated carbocycles. The van der Waals surface area contributed by atoms with Gasteiger partial charge in [0.25, 0.3) is 5.91 Å². The molecule has 1 aromatic heterocycles. The van der Waals surface area contributed by atoms with Crippen LogP contribution in [0.15, 0.2) is 6.20 Å². The first-order chi connectivity index (χ1) is 8.18. The van der Waals surface area contributed by atoms with Crippen molar-refractivity contribution in [2.24, 2.45) is 5.92 Å². The Labute approximate surface area is 101 Å². The van der Waals surface area contributed by atoms with Gasteiger partial charge in [-0.2, -0.15) is 5.10 Å². The van der Waals surface area contributed by atoms with Crippen LogP contribution < -0.4 is 11.1 Å². The Balaban J connectivity index is 2.00. The molecule has 0 saturated heterocycles. The molecule has 2 rings (SSSR count). The minimum atomic E-state index is -0.116. The Hall–Kier alpha value is -1.52. The fraction of sp³-hybridized carbons (Fsp3) is 0.667. The number of nitrogens with one attached hydrogen (secondary N) is 2. The van der Waals surface area contributed by atoms with Crippen molar-refractivity contribution >= 4 is 11.7 Å². The molecule has 1 aliphatic carbocycles. The SMILES string of the molecule is CC1CCCCCC1NC(=O)c1cn[nH]c1N. The van der Waals surface area contributed by atoms with Gasteiger partial charge in [-0.15, -0.1) is 0 Å². The molecule has 5 nitrogen and oxygen atoms in total. The molecule has 2 unspecified atom stereocenters. The Kier molecular flexibility index (Phi) is 3.66. The number of hydrogen-bond acceptors (Lipinski definition) is 3. The quantitative estimate of drug-likeness (QED) is 0.683. The summed E-state index contributed by atoms with van der Waals surface area (Å²) < 4.78 is 0. The van der Waals surface area contributed by atoms with E-state index in [4.69, 9.17) is 5.73 Å². The minimum absolute atomic E-state index is 0.116. The van der Waals surface area contributed by atoms with E-state index in [9.17, 15) is 4.79 Å². The molecule has 1 fully saturated rings.